The van der Waals surface area contributed by atoms with E-state index in [1.165, 1.54) is 0 Å². The highest BCUT2D eigenvalue weighted by molar-refractivity contribution is 5.80. The minimum atomic E-state index is -0.417. The summed E-state index contributed by atoms with van der Waals surface area (Å²) in [5.41, 5.74) is 2.29. The van der Waals surface area contributed by atoms with E-state index in [4.69, 9.17) is 4.42 Å². The Bertz CT molecular complexity index is 545. The molecule has 0 fully saturated rings. The van der Waals surface area contributed by atoms with Crippen molar-refractivity contribution < 1.29 is 9.48 Å². The number of hydrogen-bond acceptors (Lipinski definition) is 2. The van der Waals surface area contributed by atoms with Gasteiger partial charge in [-0.15, -0.1) is 0 Å². The predicted octanol–water partition coefficient (Wildman–Crippen LogP) is 2.30. The maximum atomic E-state index is 12.5. The Hall–Kier alpha value is -1.32. The van der Waals surface area contributed by atoms with Crippen molar-refractivity contribution in [3.63, 3.8) is 0 Å². The number of hydroxylamine groups is 2. The molecule has 1 aliphatic rings. The van der Waals surface area contributed by atoms with Crippen molar-refractivity contribution in [2.24, 2.45) is 0 Å². The van der Waals surface area contributed by atoms with Crippen molar-refractivity contribution in [1.29, 1.82) is 0 Å². The molecular weight excluding hydrogens is 214 g/mol. The van der Waals surface area contributed by atoms with Crippen molar-refractivity contribution in [3.05, 3.63) is 40.8 Å². The molecule has 2 heterocycles. The Morgan fingerprint density at radius 3 is 2.29 bits per heavy atom. The molecule has 0 amide bonds. The molecule has 1 unspecified atom stereocenters. The lowest BCUT2D eigenvalue weighted by molar-refractivity contribution is -0.955. The first-order valence-corrected chi connectivity index (χ1v) is 5.92. The first kappa shape index (κ1) is 10.8. The third-order valence-corrected chi connectivity index (χ3v) is 4.07. The zero-order valence-corrected chi connectivity index (χ0v) is 10.6. The molecule has 1 aliphatic heterocycles. The van der Waals surface area contributed by atoms with Crippen LogP contribution in [0.1, 0.15) is 38.8 Å². The maximum Gasteiger partial charge on any atom is 0.134 e. The average Bonchev–Trinajstić information content (AvgIpc) is 2.76. The molecule has 1 aromatic heterocycles. The van der Waals surface area contributed by atoms with Gasteiger partial charge in [0.15, 0.2) is 0 Å². The van der Waals surface area contributed by atoms with Crippen LogP contribution in [-0.4, -0.2) is 0 Å². The Balaban J connectivity index is 2.38. The van der Waals surface area contributed by atoms with Gasteiger partial charge in [-0.3, -0.25) is 0 Å². The minimum absolute atomic E-state index is 0.285. The smallest absolute Gasteiger partial charge is 0.134 e. The van der Waals surface area contributed by atoms with Crippen LogP contribution in [0.2, 0.25) is 0 Å². The maximum absolute atomic E-state index is 12.5. The molecule has 17 heavy (non-hydrogen) atoms. The van der Waals surface area contributed by atoms with Crippen molar-refractivity contribution in [3.8, 4) is 0 Å². The van der Waals surface area contributed by atoms with Crippen LogP contribution in [0.15, 0.2) is 28.9 Å². The van der Waals surface area contributed by atoms with Gasteiger partial charge < -0.3 is 14.7 Å². The molecule has 3 heteroatoms. The topological polar surface area (TPSA) is 40.6 Å². The molecule has 0 bridgehead atoms. The second-order valence-corrected chi connectivity index (χ2v) is 5.94. The molecule has 2 aromatic rings. The Morgan fingerprint density at radius 2 is 1.65 bits per heavy atom. The average molecular weight is 231 g/mol. The fraction of sp³-hybridized carbons (Fsp3) is 0.429. The molecule has 3 nitrogen and oxygen atoms in total. The molecule has 1 atom stereocenters. The van der Waals surface area contributed by atoms with E-state index in [1.807, 2.05) is 39.8 Å². The molecule has 0 radical (unpaired) electrons. The molecule has 0 spiro atoms. The summed E-state index contributed by atoms with van der Waals surface area (Å²) in [7, 11) is 0. The van der Waals surface area contributed by atoms with E-state index >= 15 is 0 Å². The van der Waals surface area contributed by atoms with Gasteiger partial charge in [-0.2, -0.15) is 0 Å². The normalized spacial score (nSPS) is 25.1. The van der Waals surface area contributed by atoms with E-state index in [0.29, 0.717) is 0 Å². The lowest BCUT2D eigenvalue weighted by Crippen LogP contribution is -3.17. The van der Waals surface area contributed by atoms with Gasteiger partial charge in [-0.1, -0.05) is 0 Å². The molecule has 1 N–H and O–H groups in total. The number of furan rings is 1. The number of benzene rings is 1. The highest BCUT2D eigenvalue weighted by Crippen LogP contribution is 2.38. The van der Waals surface area contributed by atoms with Crippen molar-refractivity contribution in [1.82, 2.24) is 0 Å². The summed E-state index contributed by atoms with van der Waals surface area (Å²) in [6.07, 6.45) is 1.70. The van der Waals surface area contributed by atoms with E-state index in [0.717, 1.165) is 22.1 Å². The van der Waals surface area contributed by atoms with Crippen LogP contribution in [-0.2, 0) is 11.1 Å². The van der Waals surface area contributed by atoms with Crippen LogP contribution in [0.25, 0.3) is 11.0 Å². The van der Waals surface area contributed by atoms with Gasteiger partial charge >= 0.3 is 0 Å². The Morgan fingerprint density at radius 1 is 1.06 bits per heavy atom. The quantitative estimate of drug-likeness (QED) is 0.707. The van der Waals surface area contributed by atoms with Gasteiger partial charge in [0.1, 0.15) is 16.7 Å². The highest BCUT2D eigenvalue weighted by Gasteiger charge is 2.49. The molecule has 1 aromatic carbocycles. The van der Waals surface area contributed by atoms with Gasteiger partial charge in [0.2, 0.25) is 0 Å². The molecule has 0 aliphatic carbocycles. The van der Waals surface area contributed by atoms with E-state index < -0.39 is 11.1 Å². The van der Waals surface area contributed by atoms with Gasteiger partial charge in [0.25, 0.3) is 0 Å². The second kappa shape index (κ2) is 2.92. The van der Waals surface area contributed by atoms with Crippen LogP contribution in [0, 0.1) is 5.21 Å². The summed E-state index contributed by atoms with van der Waals surface area (Å²) in [6, 6.07) is 6.07. The number of quaternary nitrogens is 1. The van der Waals surface area contributed by atoms with Crippen molar-refractivity contribution in [2.45, 2.75) is 38.8 Å². The van der Waals surface area contributed by atoms with E-state index in [9.17, 15) is 5.21 Å². The van der Waals surface area contributed by atoms with Crippen LogP contribution >= 0.6 is 0 Å². The summed E-state index contributed by atoms with van der Waals surface area (Å²) in [5, 5.41) is 13.8. The van der Waals surface area contributed by atoms with Gasteiger partial charge in [-0.25, -0.2) is 0 Å². The summed E-state index contributed by atoms with van der Waals surface area (Å²) >= 11 is 0. The van der Waals surface area contributed by atoms with Gasteiger partial charge in [-0.05, 0) is 45.9 Å². The number of nitrogens with one attached hydrogen (secondary N) is 1. The highest BCUT2D eigenvalue weighted by atomic mass is 16.5. The molecule has 90 valence electrons. The summed E-state index contributed by atoms with van der Waals surface area (Å²) in [4.78, 5) is 0. The lowest BCUT2D eigenvalue weighted by atomic mass is 9.90. The monoisotopic (exact) mass is 231 g/mol. The first-order valence-electron chi connectivity index (χ1n) is 5.92. The standard InChI is InChI=1S/C14H17NO2/c1-13(2)10-7-9-5-6-17-12(9)8-11(10)14(3,4)15(13)16/h5-8,15H,1-4H3. The minimum Gasteiger partial charge on any atom is -0.633 e. The summed E-state index contributed by atoms with van der Waals surface area (Å²) in [6.45, 7) is 8.01. The third kappa shape index (κ3) is 1.18. The molecule has 3 rings (SSSR count). The summed E-state index contributed by atoms with van der Waals surface area (Å²) in [5.74, 6) is 0. The Kier molecular flexibility index (Phi) is 1.86. The van der Waals surface area contributed by atoms with E-state index in [1.54, 1.807) is 6.26 Å². The van der Waals surface area contributed by atoms with E-state index in [-0.39, 0.29) is 5.06 Å². The van der Waals surface area contributed by atoms with E-state index in [2.05, 4.69) is 6.07 Å². The first-order chi connectivity index (χ1) is 7.85. The van der Waals surface area contributed by atoms with Crippen molar-refractivity contribution in [2.75, 3.05) is 0 Å². The lowest BCUT2D eigenvalue weighted by Gasteiger charge is -2.40. The third-order valence-electron chi connectivity index (χ3n) is 4.07. The predicted molar refractivity (Wildman–Crippen MR) is 66.6 cm³/mol. The number of hydrogen-bond donors (Lipinski definition) is 1. The van der Waals surface area contributed by atoms with Crippen LogP contribution in [0.3, 0.4) is 0 Å². The van der Waals surface area contributed by atoms with Gasteiger partial charge in [0, 0.05) is 16.5 Å². The fourth-order valence-electron chi connectivity index (χ4n) is 3.07. The van der Waals surface area contributed by atoms with Crippen LogP contribution < -0.4 is 5.06 Å². The number of fused-ring (bicyclic) bond motifs is 2. The van der Waals surface area contributed by atoms with Crippen LogP contribution in [0.5, 0.6) is 0 Å². The molecule has 0 saturated carbocycles. The molecular formula is C14H17NO2. The van der Waals surface area contributed by atoms with Crippen LogP contribution in [0.4, 0.5) is 0 Å². The zero-order valence-electron chi connectivity index (χ0n) is 10.6. The van der Waals surface area contributed by atoms with Crippen molar-refractivity contribution >= 4 is 11.0 Å². The SMILES string of the molecule is CC1(C)c2cc3ccoc3cc2C(C)(C)[NH+]1[O-]. The number of rotatable bonds is 0. The van der Waals surface area contributed by atoms with Gasteiger partial charge in [0.05, 0.1) is 6.26 Å². The zero-order chi connectivity index (χ0) is 12.4. The Labute approximate surface area is 101 Å². The molecule has 0 saturated heterocycles. The summed E-state index contributed by atoms with van der Waals surface area (Å²) < 4.78 is 5.43. The largest absolute Gasteiger partial charge is 0.633 e. The second-order valence-electron chi connectivity index (χ2n) is 5.94. The fourth-order valence-corrected chi connectivity index (χ4v) is 3.07.